The second-order valence-corrected chi connectivity index (χ2v) is 5.69. The van der Waals surface area contributed by atoms with Crippen LogP contribution in [0.3, 0.4) is 0 Å². The van der Waals surface area contributed by atoms with Crippen molar-refractivity contribution in [2.75, 3.05) is 0 Å². The first-order valence-corrected chi connectivity index (χ1v) is 6.84. The SMILES string of the molecule is Cc1ccc(C(NN)C2CCC(C)CC2)c(F)c1. The molecule has 0 spiro atoms. The zero-order chi connectivity index (χ0) is 13.1. The molecule has 100 valence electrons. The zero-order valence-corrected chi connectivity index (χ0v) is 11.2. The molecule has 1 unspecified atom stereocenters. The van der Waals surface area contributed by atoms with E-state index in [9.17, 15) is 4.39 Å². The van der Waals surface area contributed by atoms with E-state index in [0.29, 0.717) is 11.5 Å². The van der Waals surface area contributed by atoms with Crippen LogP contribution in [0.5, 0.6) is 0 Å². The number of rotatable bonds is 3. The molecule has 18 heavy (non-hydrogen) atoms. The lowest BCUT2D eigenvalue weighted by Gasteiger charge is -2.32. The third-order valence-electron chi connectivity index (χ3n) is 4.20. The molecule has 3 heteroatoms. The number of aryl methyl sites for hydroxylation is 1. The van der Waals surface area contributed by atoms with E-state index in [2.05, 4.69) is 12.3 Å². The Morgan fingerprint density at radius 1 is 1.28 bits per heavy atom. The molecule has 1 aliphatic carbocycles. The Morgan fingerprint density at radius 3 is 2.50 bits per heavy atom. The summed E-state index contributed by atoms with van der Waals surface area (Å²) in [6, 6.07) is 5.35. The monoisotopic (exact) mass is 250 g/mol. The van der Waals surface area contributed by atoms with Gasteiger partial charge in [-0.15, -0.1) is 0 Å². The lowest BCUT2D eigenvalue weighted by Crippen LogP contribution is -2.35. The van der Waals surface area contributed by atoms with Crippen LogP contribution in [0.2, 0.25) is 0 Å². The van der Waals surface area contributed by atoms with Gasteiger partial charge in [0, 0.05) is 5.56 Å². The molecule has 2 rings (SSSR count). The second-order valence-electron chi connectivity index (χ2n) is 5.69. The molecule has 0 amide bonds. The molecule has 2 nitrogen and oxygen atoms in total. The lowest BCUT2D eigenvalue weighted by molar-refractivity contribution is 0.229. The molecular weight excluding hydrogens is 227 g/mol. The first-order chi connectivity index (χ1) is 8.61. The largest absolute Gasteiger partial charge is 0.271 e. The molecule has 1 aromatic carbocycles. The predicted molar refractivity (Wildman–Crippen MR) is 72.3 cm³/mol. The van der Waals surface area contributed by atoms with Crippen molar-refractivity contribution in [3.05, 3.63) is 35.1 Å². The fourth-order valence-electron chi connectivity index (χ4n) is 2.98. The Kier molecular flexibility index (Phi) is 4.36. The smallest absolute Gasteiger partial charge is 0.128 e. The van der Waals surface area contributed by atoms with Crippen molar-refractivity contribution in [3.8, 4) is 0 Å². The number of hydrazine groups is 1. The first-order valence-electron chi connectivity index (χ1n) is 6.84. The minimum Gasteiger partial charge on any atom is -0.271 e. The molecule has 1 fully saturated rings. The summed E-state index contributed by atoms with van der Waals surface area (Å²) in [5, 5.41) is 0. The molecule has 0 radical (unpaired) electrons. The Balaban J connectivity index is 2.17. The summed E-state index contributed by atoms with van der Waals surface area (Å²) in [4.78, 5) is 0. The topological polar surface area (TPSA) is 38.0 Å². The molecule has 0 aliphatic heterocycles. The summed E-state index contributed by atoms with van der Waals surface area (Å²) >= 11 is 0. The van der Waals surface area contributed by atoms with Crippen LogP contribution in [0.15, 0.2) is 18.2 Å². The van der Waals surface area contributed by atoms with Gasteiger partial charge in [0.2, 0.25) is 0 Å². The highest BCUT2D eigenvalue weighted by Crippen LogP contribution is 2.37. The lowest BCUT2D eigenvalue weighted by atomic mass is 9.77. The highest BCUT2D eigenvalue weighted by Gasteiger charge is 2.28. The van der Waals surface area contributed by atoms with Crippen molar-refractivity contribution < 1.29 is 4.39 Å². The highest BCUT2D eigenvalue weighted by molar-refractivity contribution is 5.26. The van der Waals surface area contributed by atoms with Gasteiger partial charge in [-0.3, -0.25) is 11.3 Å². The molecule has 0 bridgehead atoms. The van der Waals surface area contributed by atoms with Crippen molar-refractivity contribution in [1.82, 2.24) is 5.43 Å². The summed E-state index contributed by atoms with van der Waals surface area (Å²) in [5.74, 6) is 6.76. The second kappa shape index (κ2) is 5.81. The van der Waals surface area contributed by atoms with Gasteiger partial charge >= 0.3 is 0 Å². The fraction of sp³-hybridized carbons (Fsp3) is 0.600. The maximum Gasteiger partial charge on any atom is 0.128 e. The fourth-order valence-corrected chi connectivity index (χ4v) is 2.98. The molecule has 0 saturated heterocycles. The van der Waals surface area contributed by atoms with Crippen molar-refractivity contribution in [2.45, 2.75) is 45.6 Å². The van der Waals surface area contributed by atoms with Gasteiger partial charge in [0.1, 0.15) is 5.82 Å². The van der Waals surface area contributed by atoms with E-state index in [1.807, 2.05) is 19.1 Å². The number of halogens is 1. The van der Waals surface area contributed by atoms with Crippen LogP contribution < -0.4 is 11.3 Å². The van der Waals surface area contributed by atoms with Crippen molar-refractivity contribution >= 4 is 0 Å². The average Bonchev–Trinajstić information content (AvgIpc) is 2.35. The number of nitrogens with two attached hydrogens (primary N) is 1. The van der Waals surface area contributed by atoms with Crippen LogP contribution in [-0.4, -0.2) is 0 Å². The van der Waals surface area contributed by atoms with Gasteiger partial charge in [-0.05, 0) is 43.2 Å². The number of benzene rings is 1. The van der Waals surface area contributed by atoms with Crippen LogP contribution in [0, 0.1) is 24.6 Å². The summed E-state index contributed by atoms with van der Waals surface area (Å²) < 4.78 is 14.0. The maximum atomic E-state index is 14.0. The normalized spacial score (nSPS) is 26.0. The summed E-state index contributed by atoms with van der Waals surface area (Å²) in [6.07, 6.45) is 4.69. The predicted octanol–water partition coefficient (Wildman–Crippen LogP) is 3.46. The molecule has 0 heterocycles. The molecule has 1 atom stereocenters. The van der Waals surface area contributed by atoms with E-state index >= 15 is 0 Å². The van der Waals surface area contributed by atoms with Crippen LogP contribution in [0.1, 0.15) is 49.8 Å². The van der Waals surface area contributed by atoms with Gasteiger partial charge in [-0.1, -0.05) is 31.9 Å². The van der Waals surface area contributed by atoms with Gasteiger partial charge in [-0.2, -0.15) is 0 Å². The number of hydrogen-bond donors (Lipinski definition) is 2. The number of nitrogens with one attached hydrogen (secondary N) is 1. The quantitative estimate of drug-likeness (QED) is 0.637. The third kappa shape index (κ3) is 2.90. The number of hydrogen-bond acceptors (Lipinski definition) is 2. The van der Waals surface area contributed by atoms with E-state index < -0.39 is 0 Å². The first kappa shape index (κ1) is 13.5. The molecule has 1 saturated carbocycles. The summed E-state index contributed by atoms with van der Waals surface area (Å²) in [7, 11) is 0. The zero-order valence-electron chi connectivity index (χ0n) is 11.2. The van der Waals surface area contributed by atoms with Crippen LogP contribution in [0.4, 0.5) is 4.39 Å². The highest BCUT2D eigenvalue weighted by atomic mass is 19.1. The maximum absolute atomic E-state index is 14.0. The Hall–Kier alpha value is -0.930. The average molecular weight is 250 g/mol. The molecule has 3 N–H and O–H groups in total. The molecule has 1 aromatic rings. The van der Waals surface area contributed by atoms with Gasteiger partial charge in [0.05, 0.1) is 6.04 Å². The summed E-state index contributed by atoms with van der Waals surface area (Å²) in [6.45, 7) is 4.19. The van der Waals surface area contributed by atoms with Crippen LogP contribution >= 0.6 is 0 Å². The molecular formula is C15H23FN2. The Labute approximate surface area is 109 Å². The van der Waals surface area contributed by atoms with Gasteiger partial charge in [0.25, 0.3) is 0 Å². The Bertz CT molecular complexity index is 397. The van der Waals surface area contributed by atoms with Crippen LogP contribution in [0.25, 0.3) is 0 Å². The van der Waals surface area contributed by atoms with E-state index in [1.54, 1.807) is 6.07 Å². The minimum absolute atomic E-state index is 0.0573. The van der Waals surface area contributed by atoms with E-state index in [0.717, 1.165) is 24.3 Å². The van der Waals surface area contributed by atoms with Crippen molar-refractivity contribution in [3.63, 3.8) is 0 Å². The Morgan fingerprint density at radius 2 is 1.94 bits per heavy atom. The van der Waals surface area contributed by atoms with Gasteiger partial charge < -0.3 is 0 Å². The van der Waals surface area contributed by atoms with Crippen molar-refractivity contribution in [2.24, 2.45) is 17.7 Å². The standard InChI is InChI=1S/C15H23FN2/c1-10-3-6-12(7-4-10)15(18-17)13-8-5-11(2)9-14(13)16/h5,8-10,12,15,18H,3-4,6-7,17H2,1-2H3. The van der Waals surface area contributed by atoms with E-state index in [-0.39, 0.29) is 11.9 Å². The summed E-state index contributed by atoms with van der Waals surface area (Å²) in [5.41, 5.74) is 4.48. The van der Waals surface area contributed by atoms with Gasteiger partial charge in [0.15, 0.2) is 0 Å². The van der Waals surface area contributed by atoms with Gasteiger partial charge in [-0.25, -0.2) is 4.39 Å². The minimum atomic E-state index is -0.142. The van der Waals surface area contributed by atoms with E-state index in [1.165, 1.54) is 12.8 Å². The van der Waals surface area contributed by atoms with Crippen molar-refractivity contribution in [1.29, 1.82) is 0 Å². The third-order valence-corrected chi connectivity index (χ3v) is 4.20. The van der Waals surface area contributed by atoms with Crippen LogP contribution in [-0.2, 0) is 0 Å². The van der Waals surface area contributed by atoms with E-state index in [4.69, 9.17) is 5.84 Å². The molecule has 1 aliphatic rings. The molecule has 0 aromatic heterocycles.